The molecule has 18 heavy (non-hydrogen) atoms. The van der Waals surface area contributed by atoms with E-state index in [-0.39, 0.29) is 5.91 Å². The van der Waals surface area contributed by atoms with E-state index in [1.165, 1.54) is 0 Å². The number of hydrogen-bond acceptors (Lipinski definition) is 2. The Morgan fingerprint density at radius 1 is 1.44 bits per heavy atom. The van der Waals surface area contributed by atoms with Gasteiger partial charge in [0.2, 0.25) is 0 Å². The molecule has 1 rings (SSSR count). The highest BCUT2D eigenvalue weighted by Crippen LogP contribution is 2.12. The third kappa shape index (κ3) is 3.70. The molecule has 0 unspecified atom stereocenters. The summed E-state index contributed by atoms with van der Waals surface area (Å²) in [5.74, 6) is 0.0702. The summed E-state index contributed by atoms with van der Waals surface area (Å²) in [6, 6.07) is 7.68. The van der Waals surface area contributed by atoms with Crippen LogP contribution in [-0.2, 0) is 6.42 Å². The van der Waals surface area contributed by atoms with Crippen LogP contribution in [0.1, 0.15) is 29.3 Å². The molecule has 0 bridgehead atoms. The Hall–Kier alpha value is -1.61. The van der Waals surface area contributed by atoms with Crippen molar-refractivity contribution in [3.63, 3.8) is 0 Å². The molecule has 3 heteroatoms. The van der Waals surface area contributed by atoms with Gasteiger partial charge in [0.25, 0.3) is 5.91 Å². The Balaban J connectivity index is 2.96. The molecule has 2 N–H and O–H groups in total. The van der Waals surface area contributed by atoms with Crippen molar-refractivity contribution in [2.45, 2.75) is 19.8 Å². The van der Waals surface area contributed by atoms with Gasteiger partial charge in [0, 0.05) is 18.7 Å². The second-order valence-corrected chi connectivity index (χ2v) is 4.24. The molecule has 0 saturated heterocycles. The highest BCUT2D eigenvalue weighted by atomic mass is 16.2. The van der Waals surface area contributed by atoms with Crippen LogP contribution < -0.4 is 5.73 Å². The summed E-state index contributed by atoms with van der Waals surface area (Å²) in [4.78, 5) is 14.3. The number of nitrogens with two attached hydrogens (primary N) is 1. The highest BCUT2D eigenvalue weighted by molar-refractivity contribution is 5.95. The summed E-state index contributed by atoms with van der Waals surface area (Å²) in [6.45, 7) is 7.66. The Morgan fingerprint density at radius 3 is 2.78 bits per heavy atom. The summed E-state index contributed by atoms with van der Waals surface area (Å²) < 4.78 is 0. The van der Waals surface area contributed by atoms with E-state index in [9.17, 15) is 4.79 Å². The van der Waals surface area contributed by atoms with E-state index in [1.807, 2.05) is 29.2 Å². The zero-order chi connectivity index (χ0) is 13.4. The lowest BCUT2D eigenvalue weighted by molar-refractivity contribution is 0.0773. The molecule has 0 atom stereocenters. The minimum absolute atomic E-state index is 0.0702. The lowest BCUT2D eigenvalue weighted by atomic mass is 10.0. The third-order valence-electron chi connectivity index (χ3n) is 2.79. The van der Waals surface area contributed by atoms with Crippen LogP contribution >= 0.6 is 0 Å². The molecule has 0 aromatic heterocycles. The Kier molecular flexibility index (Phi) is 6.15. The lowest BCUT2D eigenvalue weighted by Crippen LogP contribution is -2.32. The van der Waals surface area contributed by atoms with Crippen LogP contribution in [0.3, 0.4) is 0 Å². The molecular weight excluding hydrogens is 224 g/mol. The van der Waals surface area contributed by atoms with Gasteiger partial charge in [0.1, 0.15) is 0 Å². The lowest BCUT2D eigenvalue weighted by Gasteiger charge is -2.21. The van der Waals surface area contributed by atoms with Crippen LogP contribution in [0, 0.1) is 0 Å². The highest BCUT2D eigenvalue weighted by Gasteiger charge is 2.16. The first-order valence-corrected chi connectivity index (χ1v) is 6.42. The predicted molar refractivity (Wildman–Crippen MR) is 75.6 cm³/mol. The summed E-state index contributed by atoms with van der Waals surface area (Å²) in [7, 11) is 0. The second-order valence-electron chi connectivity index (χ2n) is 4.24. The normalized spacial score (nSPS) is 10.1. The smallest absolute Gasteiger partial charge is 0.254 e. The van der Waals surface area contributed by atoms with E-state index in [4.69, 9.17) is 5.73 Å². The predicted octanol–water partition coefficient (Wildman–Crippen LogP) is 2.23. The largest absolute Gasteiger partial charge is 0.335 e. The van der Waals surface area contributed by atoms with Crippen LogP contribution in [0.15, 0.2) is 36.9 Å². The number of carbonyl (C=O) groups excluding carboxylic acids is 1. The van der Waals surface area contributed by atoms with Gasteiger partial charge in [0.05, 0.1) is 0 Å². The van der Waals surface area contributed by atoms with Crippen molar-refractivity contribution in [1.29, 1.82) is 0 Å². The van der Waals surface area contributed by atoms with Gasteiger partial charge in [0.15, 0.2) is 0 Å². The van der Waals surface area contributed by atoms with Gasteiger partial charge < -0.3 is 10.6 Å². The van der Waals surface area contributed by atoms with E-state index < -0.39 is 0 Å². The average molecular weight is 246 g/mol. The molecule has 0 aliphatic carbocycles. The van der Waals surface area contributed by atoms with Crippen molar-refractivity contribution in [2.75, 3.05) is 19.6 Å². The number of benzene rings is 1. The molecule has 1 aromatic carbocycles. The minimum Gasteiger partial charge on any atom is -0.335 e. The molecule has 0 fully saturated rings. The van der Waals surface area contributed by atoms with Crippen molar-refractivity contribution in [3.05, 3.63) is 48.0 Å². The van der Waals surface area contributed by atoms with Crippen LogP contribution in [0.4, 0.5) is 0 Å². The molecule has 1 amide bonds. The molecule has 0 saturated carbocycles. The molecular formula is C15H22N2O. The molecule has 1 aromatic rings. The first kappa shape index (κ1) is 14.5. The van der Waals surface area contributed by atoms with E-state index in [0.29, 0.717) is 13.1 Å². The second kappa shape index (κ2) is 7.67. The first-order valence-electron chi connectivity index (χ1n) is 6.42. The zero-order valence-corrected chi connectivity index (χ0v) is 11.1. The van der Waals surface area contributed by atoms with Gasteiger partial charge in [-0.15, -0.1) is 6.58 Å². The molecule has 98 valence electrons. The summed E-state index contributed by atoms with van der Waals surface area (Å²) in [5, 5.41) is 0. The van der Waals surface area contributed by atoms with Gasteiger partial charge in [-0.2, -0.15) is 0 Å². The van der Waals surface area contributed by atoms with Crippen LogP contribution in [0.5, 0.6) is 0 Å². The standard InChI is InChI=1S/C15H22N2O/c1-3-11-17(12-4-2)15(18)14-8-6-5-7-13(14)9-10-16/h3,5-8H,1,4,9-12,16H2,2H3. The summed E-state index contributed by atoms with van der Waals surface area (Å²) in [6.07, 6.45) is 3.44. The van der Waals surface area contributed by atoms with Crippen LogP contribution in [0.2, 0.25) is 0 Å². The minimum atomic E-state index is 0.0702. The van der Waals surface area contributed by atoms with E-state index in [2.05, 4.69) is 13.5 Å². The summed E-state index contributed by atoms with van der Waals surface area (Å²) >= 11 is 0. The quantitative estimate of drug-likeness (QED) is 0.750. The van der Waals surface area contributed by atoms with Gasteiger partial charge in [-0.1, -0.05) is 31.2 Å². The Labute approximate surface area is 109 Å². The molecule has 3 nitrogen and oxygen atoms in total. The molecule has 0 aliphatic heterocycles. The maximum absolute atomic E-state index is 12.5. The molecule has 0 spiro atoms. The van der Waals surface area contributed by atoms with Crippen molar-refractivity contribution in [1.82, 2.24) is 4.90 Å². The fourth-order valence-electron chi connectivity index (χ4n) is 1.97. The maximum atomic E-state index is 12.5. The average Bonchev–Trinajstić information content (AvgIpc) is 2.39. The SMILES string of the molecule is C=CCN(CCC)C(=O)c1ccccc1CCN. The van der Waals surface area contributed by atoms with Crippen molar-refractivity contribution < 1.29 is 4.79 Å². The number of hydrogen-bond donors (Lipinski definition) is 1. The van der Waals surface area contributed by atoms with E-state index in [1.54, 1.807) is 6.08 Å². The van der Waals surface area contributed by atoms with Crippen LogP contribution in [-0.4, -0.2) is 30.4 Å². The topological polar surface area (TPSA) is 46.3 Å². The maximum Gasteiger partial charge on any atom is 0.254 e. The number of rotatable bonds is 7. The van der Waals surface area contributed by atoms with Gasteiger partial charge >= 0.3 is 0 Å². The fraction of sp³-hybridized carbons (Fsp3) is 0.400. The van der Waals surface area contributed by atoms with E-state index >= 15 is 0 Å². The van der Waals surface area contributed by atoms with Crippen molar-refractivity contribution in [3.8, 4) is 0 Å². The summed E-state index contributed by atoms with van der Waals surface area (Å²) in [5.41, 5.74) is 7.37. The van der Waals surface area contributed by atoms with Crippen molar-refractivity contribution in [2.24, 2.45) is 5.73 Å². The zero-order valence-electron chi connectivity index (χ0n) is 11.1. The Morgan fingerprint density at radius 2 is 2.17 bits per heavy atom. The van der Waals surface area contributed by atoms with Gasteiger partial charge in [-0.3, -0.25) is 4.79 Å². The molecule has 0 radical (unpaired) electrons. The number of nitrogens with zero attached hydrogens (tertiary/aromatic N) is 1. The number of carbonyl (C=O) groups is 1. The molecule has 0 aliphatic rings. The van der Waals surface area contributed by atoms with E-state index in [0.717, 1.165) is 30.5 Å². The molecule has 0 heterocycles. The van der Waals surface area contributed by atoms with Gasteiger partial charge in [-0.25, -0.2) is 0 Å². The first-order chi connectivity index (χ1) is 8.74. The van der Waals surface area contributed by atoms with Crippen LogP contribution in [0.25, 0.3) is 0 Å². The van der Waals surface area contributed by atoms with Gasteiger partial charge in [-0.05, 0) is 31.0 Å². The monoisotopic (exact) mass is 246 g/mol. The third-order valence-corrected chi connectivity index (χ3v) is 2.79. The fourth-order valence-corrected chi connectivity index (χ4v) is 1.97. The Bertz CT molecular complexity index is 401. The number of amides is 1. The van der Waals surface area contributed by atoms with Crippen molar-refractivity contribution >= 4 is 5.91 Å².